The number of aliphatic hydroxyl groups excluding tert-OH is 1. The van der Waals surface area contributed by atoms with Crippen molar-refractivity contribution < 1.29 is 15.0 Å². The highest BCUT2D eigenvalue weighted by atomic mass is 16.4. The van der Waals surface area contributed by atoms with Gasteiger partial charge in [-0.3, -0.25) is 4.79 Å². The average Bonchev–Trinajstić information content (AvgIpc) is 2.52. The van der Waals surface area contributed by atoms with E-state index in [2.05, 4.69) is 12.2 Å². The number of hydrogen-bond donors (Lipinski definition) is 3. The van der Waals surface area contributed by atoms with E-state index in [0.717, 1.165) is 19.3 Å². The third-order valence-corrected chi connectivity index (χ3v) is 4.62. The Bertz CT molecular complexity index is 271. The molecule has 2 atom stereocenters. The van der Waals surface area contributed by atoms with Crippen molar-refractivity contribution in [2.24, 2.45) is 0 Å². The van der Waals surface area contributed by atoms with E-state index in [4.69, 9.17) is 0 Å². The fourth-order valence-corrected chi connectivity index (χ4v) is 2.88. The predicted molar refractivity (Wildman–Crippen MR) is 95.8 cm³/mol. The maximum absolute atomic E-state index is 10.4. The van der Waals surface area contributed by atoms with Crippen LogP contribution in [0.3, 0.4) is 0 Å². The molecule has 3 N–H and O–H groups in total. The molecular formula is C19H38NO3. The van der Waals surface area contributed by atoms with Crippen LogP contribution in [0, 0.1) is 0 Å². The Kier molecular flexibility index (Phi) is 14.6. The standard InChI is InChI=1S/C19H38NO3/c1-3-4-5-6-7-8-9-10-11-12-13-14-15-16-19(23,18(2)22)20-17-21/h18,22-23H,3-16H2,1-2H3,(H,20,21). The third kappa shape index (κ3) is 12.5. The molecule has 0 fully saturated rings. The van der Waals surface area contributed by atoms with Crippen LogP contribution in [0.5, 0.6) is 0 Å². The van der Waals surface area contributed by atoms with E-state index in [1.54, 1.807) is 0 Å². The Morgan fingerprint density at radius 2 is 1.26 bits per heavy atom. The van der Waals surface area contributed by atoms with Crippen LogP contribution in [0.4, 0.5) is 0 Å². The first-order valence-electron chi connectivity index (χ1n) is 9.61. The second-order valence-corrected chi connectivity index (χ2v) is 6.82. The number of hydrogen-bond acceptors (Lipinski definition) is 3. The Hall–Kier alpha value is -0.610. The second-order valence-electron chi connectivity index (χ2n) is 6.82. The van der Waals surface area contributed by atoms with Crippen LogP contribution in [-0.2, 0) is 4.79 Å². The van der Waals surface area contributed by atoms with E-state index in [1.165, 1.54) is 77.5 Å². The summed E-state index contributed by atoms with van der Waals surface area (Å²) in [5.41, 5.74) is -1.53. The number of unbranched alkanes of at least 4 members (excludes halogenated alkanes) is 12. The Morgan fingerprint density at radius 3 is 1.61 bits per heavy atom. The monoisotopic (exact) mass is 328 g/mol. The average molecular weight is 329 g/mol. The molecule has 137 valence electrons. The molecule has 0 bridgehead atoms. The lowest BCUT2D eigenvalue weighted by atomic mass is 9.98. The van der Waals surface area contributed by atoms with Crippen molar-refractivity contribution in [2.45, 2.75) is 116 Å². The molecule has 4 heteroatoms. The molecule has 0 rings (SSSR count). The molecule has 0 saturated carbocycles. The van der Waals surface area contributed by atoms with E-state index in [9.17, 15) is 15.0 Å². The summed E-state index contributed by atoms with van der Waals surface area (Å²) in [5, 5.41) is 21.7. The highest BCUT2D eigenvalue weighted by Crippen LogP contribution is 2.18. The summed E-state index contributed by atoms with van der Waals surface area (Å²) in [7, 11) is 0. The molecule has 0 heterocycles. The molecule has 0 aliphatic rings. The molecular weight excluding hydrogens is 290 g/mol. The highest BCUT2D eigenvalue weighted by Gasteiger charge is 2.31. The molecule has 0 spiro atoms. The fourth-order valence-electron chi connectivity index (χ4n) is 2.88. The van der Waals surface area contributed by atoms with Crippen LogP contribution in [-0.4, -0.2) is 28.5 Å². The van der Waals surface area contributed by atoms with Crippen molar-refractivity contribution in [3.8, 4) is 0 Å². The summed E-state index contributed by atoms with van der Waals surface area (Å²) in [5.74, 6) is 0. The van der Waals surface area contributed by atoms with Gasteiger partial charge in [-0.2, -0.15) is 0 Å². The zero-order valence-electron chi connectivity index (χ0n) is 15.3. The minimum absolute atomic E-state index is 0.373. The first-order valence-corrected chi connectivity index (χ1v) is 9.61. The predicted octanol–water partition coefficient (Wildman–Crippen LogP) is 4.19. The van der Waals surface area contributed by atoms with Crippen molar-refractivity contribution in [2.75, 3.05) is 0 Å². The molecule has 2 unspecified atom stereocenters. The first kappa shape index (κ1) is 22.4. The van der Waals surface area contributed by atoms with Crippen LogP contribution in [0.25, 0.3) is 0 Å². The SMILES string of the molecule is CCCCCCCCCCCCCCCC(O)(N[C]=O)C(C)O. The second kappa shape index (κ2) is 14.9. The van der Waals surface area contributed by atoms with Gasteiger partial charge in [-0.05, 0) is 19.8 Å². The number of carbonyl (C=O) groups excluding carboxylic acids is 1. The molecule has 0 aromatic heterocycles. The minimum atomic E-state index is -1.53. The molecule has 0 aromatic rings. The van der Waals surface area contributed by atoms with Crippen molar-refractivity contribution in [1.82, 2.24) is 5.32 Å². The van der Waals surface area contributed by atoms with Gasteiger partial charge in [-0.1, -0.05) is 84.0 Å². The van der Waals surface area contributed by atoms with Gasteiger partial charge >= 0.3 is 6.41 Å². The maximum Gasteiger partial charge on any atom is 0.311 e. The number of nitrogens with one attached hydrogen (secondary N) is 1. The van der Waals surface area contributed by atoms with Crippen LogP contribution in [0.1, 0.15) is 104 Å². The molecule has 4 nitrogen and oxygen atoms in total. The largest absolute Gasteiger partial charge is 0.388 e. The van der Waals surface area contributed by atoms with Crippen LogP contribution in [0.15, 0.2) is 0 Å². The summed E-state index contributed by atoms with van der Waals surface area (Å²) >= 11 is 0. The van der Waals surface area contributed by atoms with Gasteiger partial charge in [0.25, 0.3) is 0 Å². The summed E-state index contributed by atoms with van der Waals surface area (Å²) in [6, 6.07) is 0. The fraction of sp³-hybridized carbons (Fsp3) is 0.947. The lowest BCUT2D eigenvalue weighted by Crippen LogP contribution is -2.52. The minimum Gasteiger partial charge on any atom is -0.388 e. The van der Waals surface area contributed by atoms with Gasteiger partial charge in [0.2, 0.25) is 0 Å². The van der Waals surface area contributed by atoms with E-state index >= 15 is 0 Å². The zero-order chi connectivity index (χ0) is 17.4. The van der Waals surface area contributed by atoms with E-state index in [-0.39, 0.29) is 0 Å². The zero-order valence-corrected chi connectivity index (χ0v) is 15.3. The lowest BCUT2D eigenvalue weighted by molar-refractivity contribution is -0.0844. The third-order valence-electron chi connectivity index (χ3n) is 4.62. The Balaban J connectivity index is 3.37. The van der Waals surface area contributed by atoms with Gasteiger partial charge < -0.3 is 15.5 Å². The van der Waals surface area contributed by atoms with Crippen molar-refractivity contribution in [3.63, 3.8) is 0 Å². The van der Waals surface area contributed by atoms with Gasteiger partial charge in [0.05, 0.1) is 6.10 Å². The smallest absolute Gasteiger partial charge is 0.311 e. The topological polar surface area (TPSA) is 69.6 Å². The van der Waals surface area contributed by atoms with E-state index < -0.39 is 11.8 Å². The van der Waals surface area contributed by atoms with Gasteiger partial charge in [-0.25, -0.2) is 0 Å². The quantitative estimate of drug-likeness (QED) is 0.213. The van der Waals surface area contributed by atoms with E-state index in [0.29, 0.717) is 6.42 Å². The molecule has 0 aliphatic carbocycles. The summed E-state index contributed by atoms with van der Waals surface area (Å²) in [4.78, 5) is 10.4. The van der Waals surface area contributed by atoms with Gasteiger partial charge in [-0.15, -0.1) is 0 Å². The van der Waals surface area contributed by atoms with Crippen LogP contribution >= 0.6 is 0 Å². The van der Waals surface area contributed by atoms with Gasteiger partial charge in [0.1, 0.15) is 0 Å². The summed E-state index contributed by atoms with van der Waals surface area (Å²) in [6.07, 6.45) is 17.3. The van der Waals surface area contributed by atoms with Crippen LogP contribution in [0.2, 0.25) is 0 Å². The normalized spacial score (nSPS) is 15.1. The molecule has 1 amide bonds. The maximum atomic E-state index is 10.4. The molecule has 0 saturated heterocycles. The van der Waals surface area contributed by atoms with Crippen LogP contribution < -0.4 is 5.32 Å². The number of rotatable bonds is 17. The number of aliphatic hydroxyl groups is 2. The summed E-state index contributed by atoms with van der Waals surface area (Å²) in [6.45, 7) is 3.73. The van der Waals surface area contributed by atoms with Crippen molar-refractivity contribution in [1.29, 1.82) is 0 Å². The highest BCUT2D eigenvalue weighted by molar-refractivity contribution is 5.48. The Labute approximate surface area is 143 Å². The van der Waals surface area contributed by atoms with Gasteiger partial charge in [0.15, 0.2) is 5.72 Å². The number of amides is 1. The van der Waals surface area contributed by atoms with Gasteiger partial charge in [0, 0.05) is 0 Å². The van der Waals surface area contributed by atoms with E-state index in [1.807, 2.05) is 0 Å². The molecule has 0 aliphatic heterocycles. The molecule has 0 aromatic carbocycles. The molecule has 23 heavy (non-hydrogen) atoms. The summed E-state index contributed by atoms with van der Waals surface area (Å²) < 4.78 is 0. The van der Waals surface area contributed by atoms with Crippen molar-refractivity contribution in [3.05, 3.63) is 0 Å². The van der Waals surface area contributed by atoms with Crippen molar-refractivity contribution >= 4 is 6.41 Å². The first-order chi connectivity index (χ1) is 11.1. The Morgan fingerprint density at radius 1 is 0.870 bits per heavy atom. The molecule has 1 radical (unpaired) electrons. The lowest BCUT2D eigenvalue weighted by Gasteiger charge is -2.29.